The standard InChI is InChI=1S/C17H26N4O3/c1-11(2)15(18)16(23)20-10-14(22)19-9-12-6-5-7-13(8-12)17(24)21(3)4/h5-8,11,15H,9-10,18H2,1-4H3,(H,19,22)(H,20,23)/t15-/m0/s1. The average molecular weight is 334 g/mol. The molecule has 0 aliphatic heterocycles. The van der Waals surface area contributed by atoms with E-state index in [0.717, 1.165) is 5.56 Å². The van der Waals surface area contributed by atoms with Crippen molar-refractivity contribution in [3.8, 4) is 0 Å². The third-order valence-corrected chi connectivity index (χ3v) is 3.51. The zero-order valence-electron chi connectivity index (χ0n) is 14.6. The summed E-state index contributed by atoms with van der Waals surface area (Å²) in [5.74, 6) is -0.759. The molecule has 0 saturated heterocycles. The molecule has 0 saturated carbocycles. The fourth-order valence-corrected chi connectivity index (χ4v) is 1.92. The third-order valence-electron chi connectivity index (χ3n) is 3.51. The molecule has 4 N–H and O–H groups in total. The normalized spacial score (nSPS) is 11.8. The van der Waals surface area contributed by atoms with E-state index in [2.05, 4.69) is 10.6 Å². The second kappa shape index (κ2) is 9.02. The Hall–Kier alpha value is -2.41. The summed E-state index contributed by atoms with van der Waals surface area (Å²) in [4.78, 5) is 36.9. The van der Waals surface area contributed by atoms with E-state index in [0.29, 0.717) is 5.56 Å². The monoisotopic (exact) mass is 334 g/mol. The van der Waals surface area contributed by atoms with Crippen LogP contribution in [0.1, 0.15) is 29.8 Å². The van der Waals surface area contributed by atoms with Crippen LogP contribution in [0, 0.1) is 5.92 Å². The lowest BCUT2D eigenvalue weighted by atomic mass is 10.1. The first-order chi connectivity index (χ1) is 11.2. The molecule has 1 rings (SSSR count). The van der Waals surface area contributed by atoms with Gasteiger partial charge in [0, 0.05) is 26.2 Å². The minimum Gasteiger partial charge on any atom is -0.350 e. The van der Waals surface area contributed by atoms with Crippen LogP contribution < -0.4 is 16.4 Å². The Morgan fingerprint density at radius 2 is 1.83 bits per heavy atom. The molecule has 0 heterocycles. The molecule has 0 fully saturated rings. The molecule has 0 spiro atoms. The Balaban J connectivity index is 2.49. The summed E-state index contributed by atoms with van der Waals surface area (Å²) in [7, 11) is 3.36. The highest BCUT2D eigenvalue weighted by Crippen LogP contribution is 2.07. The predicted octanol–water partition coefficient (Wildman–Crippen LogP) is 0.104. The van der Waals surface area contributed by atoms with Crippen molar-refractivity contribution >= 4 is 17.7 Å². The highest BCUT2D eigenvalue weighted by Gasteiger charge is 2.17. The van der Waals surface area contributed by atoms with Gasteiger partial charge in [-0.15, -0.1) is 0 Å². The summed E-state index contributed by atoms with van der Waals surface area (Å²) in [6, 6.07) is 6.41. The molecular formula is C17H26N4O3. The molecule has 0 aliphatic rings. The van der Waals surface area contributed by atoms with Gasteiger partial charge in [0.05, 0.1) is 12.6 Å². The molecule has 1 aromatic carbocycles. The Morgan fingerprint density at radius 1 is 1.17 bits per heavy atom. The lowest BCUT2D eigenvalue weighted by molar-refractivity contribution is -0.127. The molecule has 24 heavy (non-hydrogen) atoms. The van der Waals surface area contributed by atoms with E-state index in [4.69, 9.17) is 5.73 Å². The smallest absolute Gasteiger partial charge is 0.253 e. The van der Waals surface area contributed by atoms with E-state index in [-0.39, 0.29) is 36.7 Å². The maximum atomic E-state index is 11.9. The van der Waals surface area contributed by atoms with Gasteiger partial charge in [-0.2, -0.15) is 0 Å². The second-order valence-corrected chi connectivity index (χ2v) is 6.16. The van der Waals surface area contributed by atoms with Crippen LogP contribution >= 0.6 is 0 Å². The summed E-state index contributed by atoms with van der Waals surface area (Å²) >= 11 is 0. The summed E-state index contributed by atoms with van der Waals surface area (Å²) in [5.41, 5.74) is 7.07. The van der Waals surface area contributed by atoms with Gasteiger partial charge in [-0.05, 0) is 23.6 Å². The van der Waals surface area contributed by atoms with Gasteiger partial charge < -0.3 is 21.3 Å². The SMILES string of the molecule is CC(C)[C@H](N)C(=O)NCC(=O)NCc1cccc(C(=O)N(C)C)c1. The Kier molecular flexibility index (Phi) is 7.38. The Labute approximate surface area is 142 Å². The van der Waals surface area contributed by atoms with Crippen molar-refractivity contribution in [2.45, 2.75) is 26.4 Å². The van der Waals surface area contributed by atoms with Gasteiger partial charge in [-0.25, -0.2) is 0 Å². The van der Waals surface area contributed by atoms with Crippen LogP contribution in [-0.4, -0.2) is 49.3 Å². The molecule has 7 heteroatoms. The van der Waals surface area contributed by atoms with Crippen molar-refractivity contribution in [2.24, 2.45) is 11.7 Å². The molecule has 1 aromatic rings. The first-order valence-corrected chi connectivity index (χ1v) is 7.83. The zero-order chi connectivity index (χ0) is 18.3. The van der Waals surface area contributed by atoms with Gasteiger partial charge in [0.1, 0.15) is 0 Å². The molecule has 0 aliphatic carbocycles. The molecule has 3 amide bonds. The predicted molar refractivity (Wildman–Crippen MR) is 92.1 cm³/mol. The van der Waals surface area contributed by atoms with Crippen LogP contribution in [0.4, 0.5) is 0 Å². The van der Waals surface area contributed by atoms with Crippen LogP contribution in [0.3, 0.4) is 0 Å². The van der Waals surface area contributed by atoms with Crippen LogP contribution in [0.25, 0.3) is 0 Å². The molecule has 0 radical (unpaired) electrons. The summed E-state index contributed by atoms with van der Waals surface area (Å²) in [5, 5.41) is 5.21. The maximum Gasteiger partial charge on any atom is 0.253 e. The minimum absolute atomic E-state index is 0.00466. The fraction of sp³-hybridized carbons (Fsp3) is 0.471. The molecule has 0 bridgehead atoms. The van der Waals surface area contributed by atoms with Crippen molar-refractivity contribution in [3.05, 3.63) is 35.4 Å². The molecular weight excluding hydrogens is 308 g/mol. The molecule has 0 unspecified atom stereocenters. The van der Waals surface area contributed by atoms with E-state index < -0.39 is 6.04 Å². The lowest BCUT2D eigenvalue weighted by Gasteiger charge is -2.15. The number of nitrogens with two attached hydrogens (primary N) is 1. The van der Waals surface area contributed by atoms with Gasteiger partial charge in [0.25, 0.3) is 5.91 Å². The number of hydrogen-bond donors (Lipinski definition) is 3. The minimum atomic E-state index is -0.633. The van der Waals surface area contributed by atoms with Crippen molar-refractivity contribution in [1.82, 2.24) is 15.5 Å². The molecule has 132 valence electrons. The fourth-order valence-electron chi connectivity index (χ4n) is 1.92. The first kappa shape index (κ1) is 19.6. The number of carbonyl (C=O) groups excluding carboxylic acids is 3. The molecule has 7 nitrogen and oxygen atoms in total. The number of hydrogen-bond acceptors (Lipinski definition) is 4. The quantitative estimate of drug-likeness (QED) is 0.658. The van der Waals surface area contributed by atoms with E-state index in [9.17, 15) is 14.4 Å². The number of carbonyl (C=O) groups is 3. The van der Waals surface area contributed by atoms with Gasteiger partial charge in [-0.3, -0.25) is 14.4 Å². The van der Waals surface area contributed by atoms with Crippen LogP contribution in [0.2, 0.25) is 0 Å². The van der Waals surface area contributed by atoms with Crippen molar-refractivity contribution in [2.75, 3.05) is 20.6 Å². The van der Waals surface area contributed by atoms with Gasteiger partial charge in [-0.1, -0.05) is 26.0 Å². The number of amides is 3. The average Bonchev–Trinajstić information content (AvgIpc) is 2.56. The highest BCUT2D eigenvalue weighted by molar-refractivity contribution is 5.94. The lowest BCUT2D eigenvalue weighted by Crippen LogP contribution is -2.47. The van der Waals surface area contributed by atoms with Gasteiger partial charge in [0.2, 0.25) is 11.8 Å². The summed E-state index contributed by atoms with van der Waals surface area (Å²) in [6.45, 7) is 3.83. The zero-order valence-corrected chi connectivity index (χ0v) is 14.6. The maximum absolute atomic E-state index is 11.9. The Bertz CT molecular complexity index is 599. The number of rotatable bonds is 7. The Morgan fingerprint density at radius 3 is 2.42 bits per heavy atom. The number of nitrogens with one attached hydrogen (secondary N) is 2. The van der Waals surface area contributed by atoms with E-state index in [1.165, 1.54) is 4.90 Å². The third kappa shape index (κ3) is 6.00. The van der Waals surface area contributed by atoms with Crippen LogP contribution in [0.15, 0.2) is 24.3 Å². The largest absolute Gasteiger partial charge is 0.350 e. The highest BCUT2D eigenvalue weighted by atomic mass is 16.2. The van der Waals surface area contributed by atoms with Crippen molar-refractivity contribution in [1.29, 1.82) is 0 Å². The summed E-state index contributed by atoms with van der Waals surface area (Å²) in [6.07, 6.45) is 0. The number of nitrogens with zero attached hydrogens (tertiary/aromatic N) is 1. The summed E-state index contributed by atoms with van der Waals surface area (Å²) < 4.78 is 0. The van der Waals surface area contributed by atoms with E-state index in [1.807, 2.05) is 19.9 Å². The van der Waals surface area contributed by atoms with Crippen molar-refractivity contribution in [3.63, 3.8) is 0 Å². The van der Waals surface area contributed by atoms with E-state index >= 15 is 0 Å². The van der Waals surface area contributed by atoms with Crippen LogP contribution in [-0.2, 0) is 16.1 Å². The van der Waals surface area contributed by atoms with Crippen LogP contribution in [0.5, 0.6) is 0 Å². The topological polar surface area (TPSA) is 105 Å². The second-order valence-electron chi connectivity index (χ2n) is 6.16. The molecule has 0 aromatic heterocycles. The van der Waals surface area contributed by atoms with Gasteiger partial charge >= 0.3 is 0 Å². The van der Waals surface area contributed by atoms with Crippen molar-refractivity contribution < 1.29 is 14.4 Å². The molecule has 1 atom stereocenters. The van der Waals surface area contributed by atoms with Gasteiger partial charge in [0.15, 0.2) is 0 Å². The first-order valence-electron chi connectivity index (χ1n) is 7.83. The number of benzene rings is 1. The van der Waals surface area contributed by atoms with E-state index in [1.54, 1.807) is 32.3 Å².